The molecule has 0 atom stereocenters. The first-order chi connectivity index (χ1) is 7.63. The van der Waals surface area contributed by atoms with E-state index in [0.29, 0.717) is 18.1 Å². The molecule has 3 nitrogen and oxygen atoms in total. The zero-order valence-corrected chi connectivity index (χ0v) is 10.3. The van der Waals surface area contributed by atoms with Crippen molar-refractivity contribution in [3.05, 3.63) is 35.4 Å². The fraction of sp³-hybridized carbons (Fsp3) is 0.417. The van der Waals surface area contributed by atoms with Crippen LogP contribution in [0.1, 0.15) is 15.9 Å². The van der Waals surface area contributed by atoms with E-state index in [2.05, 4.69) is 0 Å². The molecule has 1 rings (SSSR count). The van der Waals surface area contributed by atoms with E-state index in [4.69, 9.17) is 16.3 Å². The number of likely N-dealkylation sites (N-methyl/N-ethyl adjacent to an activating group) is 1. The Morgan fingerprint density at radius 2 is 1.94 bits per heavy atom. The van der Waals surface area contributed by atoms with E-state index in [-0.39, 0.29) is 5.97 Å². The van der Waals surface area contributed by atoms with Crippen molar-refractivity contribution in [1.82, 2.24) is 4.90 Å². The van der Waals surface area contributed by atoms with Crippen LogP contribution in [0.25, 0.3) is 0 Å². The van der Waals surface area contributed by atoms with Crippen molar-refractivity contribution >= 4 is 17.6 Å². The number of hydrogen-bond donors (Lipinski definition) is 0. The van der Waals surface area contributed by atoms with Crippen LogP contribution in [0, 0.1) is 0 Å². The van der Waals surface area contributed by atoms with Gasteiger partial charge in [-0.2, -0.15) is 0 Å². The maximum Gasteiger partial charge on any atom is 0.338 e. The largest absolute Gasteiger partial charge is 0.461 e. The lowest BCUT2D eigenvalue weighted by Crippen LogP contribution is -2.20. The molecule has 0 spiro atoms. The third kappa shape index (κ3) is 4.21. The number of carbonyl (C=O) groups excluding carboxylic acids is 1. The van der Waals surface area contributed by atoms with Gasteiger partial charge in [-0.25, -0.2) is 4.79 Å². The highest BCUT2D eigenvalue weighted by Crippen LogP contribution is 2.07. The maximum absolute atomic E-state index is 11.6. The van der Waals surface area contributed by atoms with E-state index >= 15 is 0 Å². The SMILES string of the molecule is CN(C)CCOC(=O)c1ccc(CCl)cc1. The van der Waals surface area contributed by atoms with Gasteiger partial charge in [-0.3, -0.25) is 0 Å². The molecule has 0 radical (unpaired) electrons. The third-order valence-corrected chi connectivity index (χ3v) is 2.42. The highest BCUT2D eigenvalue weighted by Gasteiger charge is 2.06. The van der Waals surface area contributed by atoms with Crippen molar-refractivity contribution in [2.24, 2.45) is 0 Å². The fourth-order valence-corrected chi connectivity index (χ4v) is 1.31. The van der Waals surface area contributed by atoms with Gasteiger partial charge in [-0.1, -0.05) is 12.1 Å². The summed E-state index contributed by atoms with van der Waals surface area (Å²) in [5, 5.41) is 0. The van der Waals surface area contributed by atoms with E-state index < -0.39 is 0 Å². The molecule has 0 bridgehead atoms. The summed E-state index contributed by atoms with van der Waals surface area (Å²) in [4.78, 5) is 13.5. The van der Waals surface area contributed by atoms with Gasteiger partial charge in [0.2, 0.25) is 0 Å². The fourth-order valence-electron chi connectivity index (χ4n) is 1.13. The van der Waals surface area contributed by atoms with Gasteiger partial charge in [0.15, 0.2) is 0 Å². The van der Waals surface area contributed by atoms with Gasteiger partial charge in [0.1, 0.15) is 6.61 Å². The predicted octanol–water partition coefficient (Wildman–Crippen LogP) is 2.14. The molecule has 0 heterocycles. The number of carbonyl (C=O) groups is 1. The maximum atomic E-state index is 11.6. The molecule has 0 unspecified atom stereocenters. The van der Waals surface area contributed by atoms with E-state index in [1.165, 1.54) is 0 Å². The zero-order chi connectivity index (χ0) is 12.0. The van der Waals surface area contributed by atoms with Crippen molar-refractivity contribution in [2.75, 3.05) is 27.2 Å². The molecule has 1 aromatic carbocycles. The number of rotatable bonds is 5. The molecule has 16 heavy (non-hydrogen) atoms. The molecule has 0 aliphatic carbocycles. The van der Waals surface area contributed by atoms with Crippen LogP contribution in [0.4, 0.5) is 0 Å². The number of benzene rings is 1. The smallest absolute Gasteiger partial charge is 0.338 e. The molecular formula is C12H16ClNO2. The van der Waals surface area contributed by atoms with Crippen LogP contribution >= 0.6 is 11.6 Å². The summed E-state index contributed by atoms with van der Waals surface area (Å²) >= 11 is 5.66. The Hall–Kier alpha value is -1.06. The summed E-state index contributed by atoms with van der Waals surface area (Å²) < 4.78 is 5.10. The number of hydrogen-bond acceptors (Lipinski definition) is 3. The van der Waals surface area contributed by atoms with Gasteiger partial charge in [-0.15, -0.1) is 11.6 Å². The summed E-state index contributed by atoms with van der Waals surface area (Å²) in [5.41, 5.74) is 1.55. The van der Waals surface area contributed by atoms with Gasteiger partial charge >= 0.3 is 5.97 Å². The van der Waals surface area contributed by atoms with Crippen molar-refractivity contribution in [2.45, 2.75) is 5.88 Å². The number of nitrogens with zero attached hydrogens (tertiary/aromatic N) is 1. The molecule has 4 heteroatoms. The third-order valence-electron chi connectivity index (χ3n) is 2.12. The Balaban J connectivity index is 2.46. The average Bonchev–Trinajstić information content (AvgIpc) is 2.28. The highest BCUT2D eigenvalue weighted by atomic mass is 35.5. The minimum atomic E-state index is -0.289. The molecule has 0 fully saturated rings. The second kappa shape index (κ2) is 6.51. The number of halogens is 1. The molecule has 0 saturated heterocycles. The van der Waals surface area contributed by atoms with E-state index in [1.807, 2.05) is 31.1 Å². The first-order valence-corrected chi connectivity index (χ1v) is 5.63. The molecule has 0 aliphatic heterocycles. The standard InChI is InChI=1S/C12H16ClNO2/c1-14(2)7-8-16-12(15)11-5-3-10(9-13)4-6-11/h3-6H,7-9H2,1-2H3. The predicted molar refractivity (Wildman–Crippen MR) is 64.8 cm³/mol. The van der Waals surface area contributed by atoms with Crippen LogP contribution in [-0.4, -0.2) is 38.1 Å². The Bertz CT molecular complexity index is 335. The molecular weight excluding hydrogens is 226 g/mol. The molecule has 0 aromatic heterocycles. The summed E-state index contributed by atoms with van der Waals surface area (Å²) in [6.07, 6.45) is 0. The molecule has 1 aromatic rings. The van der Waals surface area contributed by atoms with Crippen molar-refractivity contribution in [3.8, 4) is 0 Å². The van der Waals surface area contributed by atoms with E-state index in [1.54, 1.807) is 12.1 Å². The lowest BCUT2D eigenvalue weighted by molar-refractivity contribution is 0.0482. The molecule has 0 aliphatic rings. The van der Waals surface area contributed by atoms with Gasteiger partial charge in [0.25, 0.3) is 0 Å². The van der Waals surface area contributed by atoms with Gasteiger partial charge in [0.05, 0.1) is 5.56 Å². The minimum Gasteiger partial charge on any atom is -0.461 e. The Morgan fingerprint density at radius 1 is 1.31 bits per heavy atom. The normalized spacial score (nSPS) is 10.5. The van der Waals surface area contributed by atoms with Crippen LogP contribution in [0.3, 0.4) is 0 Å². The second-order valence-corrected chi connectivity index (χ2v) is 4.04. The molecule has 0 saturated carbocycles. The Labute approximate surface area is 101 Å². The zero-order valence-electron chi connectivity index (χ0n) is 9.57. The van der Waals surface area contributed by atoms with Crippen molar-refractivity contribution in [1.29, 1.82) is 0 Å². The van der Waals surface area contributed by atoms with E-state index in [0.717, 1.165) is 12.1 Å². The van der Waals surface area contributed by atoms with Gasteiger partial charge in [-0.05, 0) is 31.8 Å². The van der Waals surface area contributed by atoms with Crippen LogP contribution < -0.4 is 0 Å². The Kier molecular flexibility index (Phi) is 5.29. The van der Waals surface area contributed by atoms with Crippen LogP contribution in [0.2, 0.25) is 0 Å². The van der Waals surface area contributed by atoms with Gasteiger partial charge < -0.3 is 9.64 Å². The highest BCUT2D eigenvalue weighted by molar-refractivity contribution is 6.17. The first kappa shape index (κ1) is 13.0. The summed E-state index contributed by atoms with van der Waals surface area (Å²) in [7, 11) is 3.87. The van der Waals surface area contributed by atoms with E-state index in [9.17, 15) is 4.79 Å². The monoisotopic (exact) mass is 241 g/mol. The topological polar surface area (TPSA) is 29.5 Å². The number of alkyl halides is 1. The lowest BCUT2D eigenvalue weighted by Gasteiger charge is -2.09. The number of ether oxygens (including phenoxy) is 1. The first-order valence-electron chi connectivity index (χ1n) is 5.10. The lowest BCUT2D eigenvalue weighted by atomic mass is 10.1. The van der Waals surface area contributed by atoms with Crippen molar-refractivity contribution in [3.63, 3.8) is 0 Å². The summed E-state index contributed by atoms with van der Waals surface area (Å²) in [5.74, 6) is 0.165. The molecule has 88 valence electrons. The number of esters is 1. The second-order valence-electron chi connectivity index (χ2n) is 3.77. The Morgan fingerprint density at radius 3 is 2.44 bits per heavy atom. The van der Waals surface area contributed by atoms with Crippen LogP contribution in [-0.2, 0) is 10.6 Å². The van der Waals surface area contributed by atoms with Crippen LogP contribution in [0.5, 0.6) is 0 Å². The quantitative estimate of drug-likeness (QED) is 0.584. The average molecular weight is 242 g/mol. The van der Waals surface area contributed by atoms with Crippen molar-refractivity contribution < 1.29 is 9.53 Å². The summed E-state index contributed by atoms with van der Waals surface area (Å²) in [6.45, 7) is 1.13. The van der Waals surface area contributed by atoms with Gasteiger partial charge in [0, 0.05) is 12.4 Å². The minimum absolute atomic E-state index is 0.289. The molecule has 0 N–H and O–H groups in total. The molecule has 0 amide bonds. The summed E-state index contributed by atoms with van der Waals surface area (Å²) in [6, 6.07) is 7.12. The van der Waals surface area contributed by atoms with Crippen LogP contribution in [0.15, 0.2) is 24.3 Å².